The molecule has 0 N–H and O–H groups in total. The lowest BCUT2D eigenvalue weighted by molar-refractivity contribution is -0.275. The van der Waals surface area contributed by atoms with E-state index in [1.54, 1.807) is 0 Å². The highest BCUT2D eigenvalue weighted by Crippen LogP contribution is 2.36. The van der Waals surface area contributed by atoms with E-state index in [2.05, 4.69) is 9.47 Å². The quantitative estimate of drug-likeness (QED) is 0.609. The smallest absolute Gasteiger partial charge is 0.430 e. The summed E-state index contributed by atoms with van der Waals surface area (Å²) in [7, 11) is 0. The largest absolute Gasteiger partial charge is 0.573 e. The zero-order valence-electron chi connectivity index (χ0n) is 9.63. The summed E-state index contributed by atoms with van der Waals surface area (Å²) in [5.41, 5.74) is -0.385. The van der Waals surface area contributed by atoms with Gasteiger partial charge in [-0.25, -0.2) is 0 Å². The van der Waals surface area contributed by atoms with Crippen LogP contribution in [0.15, 0.2) is 18.2 Å². The highest BCUT2D eigenvalue weighted by Gasteiger charge is 2.34. The Labute approximate surface area is 104 Å². The molecular weight excluding hydrogens is 275 g/mol. The molecule has 0 saturated heterocycles. The molecule has 0 unspecified atom stereocenters. The minimum Gasteiger partial charge on any atom is -0.430 e. The van der Waals surface area contributed by atoms with Crippen molar-refractivity contribution in [2.24, 2.45) is 0 Å². The Morgan fingerprint density at radius 1 is 1.32 bits per heavy atom. The van der Waals surface area contributed by atoms with Crippen molar-refractivity contribution in [3.63, 3.8) is 0 Å². The molecule has 0 heterocycles. The van der Waals surface area contributed by atoms with E-state index in [0.29, 0.717) is 0 Å². The van der Waals surface area contributed by atoms with E-state index in [4.69, 9.17) is 0 Å². The van der Waals surface area contributed by atoms with Crippen LogP contribution in [0.4, 0.5) is 22.0 Å². The molecule has 8 heteroatoms. The summed E-state index contributed by atoms with van der Waals surface area (Å²) >= 11 is 0. The fourth-order valence-corrected chi connectivity index (χ4v) is 1.34. The normalized spacial score (nSPS) is 11.5. The van der Waals surface area contributed by atoms with Gasteiger partial charge in [0.15, 0.2) is 17.3 Å². The molecule has 1 rings (SSSR count). The molecule has 0 spiro atoms. The van der Waals surface area contributed by atoms with Crippen LogP contribution >= 0.6 is 0 Å². The number of hydrogen-bond acceptors (Lipinski definition) is 3. The Balaban J connectivity index is 3.25. The van der Waals surface area contributed by atoms with Crippen LogP contribution in [0.1, 0.15) is 23.7 Å². The molecule has 1 aromatic carbocycles. The first-order valence-electron chi connectivity index (χ1n) is 5.11. The zero-order chi connectivity index (χ0) is 14.6. The maximum Gasteiger partial charge on any atom is 0.573 e. The van der Waals surface area contributed by atoms with Crippen LogP contribution in [0, 0.1) is 0 Å². The fraction of sp³-hybridized carbons (Fsp3) is 0.364. The minimum atomic E-state index is -5.08. The topological polar surface area (TPSA) is 35.5 Å². The highest BCUT2D eigenvalue weighted by atomic mass is 19.4. The van der Waals surface area contributed by atoms with Gasteiger partial charge in [0.25, 0.3) is 0 Å². The first kappa shape index (κ1) is 15.2. The van der Waals surface area contributed by atoms with Gasteiger partial charge in [0.1, 0.15) is 0 Å². The van der Waals surface area contributed by atoms with Gasteiger partial charge in [0.05, 0.1) is 5.56 Å². The summed E-state index contributed by atoms with van der Waals surface area (Å²) in [6.45, 7) is -1.94. The Morgan fingerprint density at radius 3 is 2.42 bits per heavy atom. The number of ketones is 1. The van der Waals surface area contributed by atoms with Crippen LogP contribution in [-0.4, -0.2) is 18.8 Å². The number of benzene rings is 1. The first-order valence-corrected chi connectivity index (χ1v) is 5.11. The van der Waals surface area contributed by atoms with Crippen molar-refractivity contribution < 1.29 is 36.2 Å². The molecule has 0 atom stereocenters. The van der Waals surface area contributed by atoms with E-state index >= 15 is 0 Å². The van der Waals surface area contributed by atoms with Gasteiger partial charge < -0.3 is 9.47 Å². The van der Waals surface area contributed by atoms with E-state index in [9.17, 15) is 26.7 Å². The lowest BCUT2D eigenvalue weighted by atomic mass is 10.1. The monoisotopic (exact) mass is 284 g/mol. The number of ether oxygens (including phenoxy) is 2. The summed E-state index contributed by atoms with van der Waals surface area (Å²) < 4.78 is 68.3. The van der Waals surface area contributed by atoms with E-state index in [0.717, 1.165) is 18.2 Å². The van der Waals surface area contributed by atoms with E-state index in [1.807, 2.05) is 0 Å². The van der Waals surface area contributed by atoms with Gasteiger partial charge in [-0.2, -0.15) is 8.78 Å². The molecule has 0 aliphatic heterocycles. The Hall–Kier alpha value is -1.86. The molecule has 0 fully saturated rings. The second-order valence-corrected chi connectivity index (χ2v) is 3.34. The molecule has 106 valence electrons. The molecule has 0 saturated carbocycles. The Bertz CT molecular complexity index is 456. The molecule has 19 heavy (non-hydrogen) atoms. The van der Waals surface area contributed by atoms with E-state index < -0.39 is 30.3 Å². The molecule has 0 bridgehead atoms. The second kappa shape index (κ2) is 5.85. The molecular formula is C11H9F5O3. The van der Waals surface area contributed by atoms with Gasteiger partial charge in [0.2, 0.25) is 0 Å². The Morgan fingerprint density at radius 2 is 1.95 bits per heavy atom. The van der Waals surface area contributed by atoms with Crippen LogP contribution in [-0.2, 0) is 0 Å². The van der Waals surface area contributed by atoms with Gasteiger partial charge in [-0.1, -0.05) is 13.0 Å². The maximum absolute atomic E-state index is 12.2. The van der Waals surface area contributed by atoms with E-state index in [-0.39, 0.29) is 12.0 Å². The summed E-state index contributed by atoms with van der Waals surface area (Å²) in [5, 5.41) is 0. The fourth-order valence-electron chi connectivity index (χ4n) is 1.34. The van der Waals surface area contributed by atoms with Gasteiger partial charge in [-0.05, 0) is 12.1 Å². The van der Waals surface area contributed by atoms with Gasteiger partial charge in [-0.15, -0.1) is 13.2 Å². The van der Waals surface area contributed by atoms with Crippen molar-refractivity contribution in [2.75, 3.05) is 0 Å². The predicted molar refractivity (Wildman–Crippen MR) is 54.4 cm³/mol. The van der Waals surface area contributed by atoms with Crippen LogP contribution < -0.4 is 9.47 Å². The number of carbonyl (C=O) groups excluding carboxylic acids is 1. The number of para-hydroxylation sites is 1. The summed E-state index contributed by atoms with van der Waals surface area (Å²) in [6.07, 6.45) is -5.15. The van der Waals surface area contributed by atoms with Crippen LogP contribution in [0.5, 0.6) is 11.5 Å². The molecule has 0 amide bonds. The van der Waals surface area contributed by atoms with Gasteiger partial charge in [-0.3, -0.25) is 4.79 Å². The molecule has 3 nitrogen and oxygen atoms in total. The molecule has 0 aliphatic rings. The zero-order valence-corrected chi connectivity index (χ0v) is 9.63. The third kappa shape index (κ3) is 4.38. The number of alkyl halides is 5. The maximum atomic E-state index is 12.2. The predicted octanol–water partition coefficient (Wildman–Crippen LogP) is 3.78. The van der Waals surface area contributed by atoms with Crippen LogP contribution in [0.25, 0.3) is 0 Å². The first-order chi connectivity index (χ1) is 8.74. The lowest BCUT2D eigenvalue weighted by Crippen LogP contribution is -2.19. The van der Waals surface area contributed by atoms with Crippen molar-refractivity contribution in [3.8, 4) is 11.5 Å². The third-order valence-corrected chi connectivity index (χ3v) is 2.03. The van der Waals surface area contributed by atoms with Gasteiger partial charge >= 0.3 is 13.0 Å². The average Bonchev–Trinajstić information content (AvgIpc) is 2.28. The van der Waals surface area contributed by atoms with Crippen molar-refractivity contribution in [2.45, 2.75) is 26.3 Å². The summed E-state index contributed by atoms with van der Waals surface area (Å²) in [6, 6.07) is 2.97. The average molecular weight is 284 g/mol. The van der Waals surface area contributed by atoms with Crippen molar-refractivity contribution in [1.82, 2.24) is 0 Å². The van der Waals surface area contributed by atoms with Gasteiger partial charge in [0, 0.05) is 6.42 Å². The lowest BCUT2D eigenvalue weighted by Gasteiger charge is -2.16. The van der Waals surface area contributed by atoms with Crippen molar-refractivity contribution in [1.29, 1.82) is 0 Å². The summed E-state index contributed by atoms with van der Waals surface area (Å²) in [4.78, 5) is 11.5. The standard InChI is InChI=1S/C11H9F5O3/c1-2-7(17)6-4-3-5-8(19-11(14,15)16)9(6)18-10(12)13/h3-5,10H,2H2,1H3. The number of rotatable bonds is 5. The number of Topliss-reactive ketones (excluding diaryl/α,β-unsaturated/α-hetero) is 1. The second-order valence-electron chi connectivity index (χ2n) is 3.34. The van der Waals surface area contributed by atoms with Crippen LogP contribution in [0.2, 0.25) is 0 Å². The Kier molecular flexibility index (Phi) is 4.68. The molecule has 0 aromatic heterocycles. The van der Waals surface area contributed by atoms with Crippen LogP contribution in [0.3, 0.4) is 0 Å². The SMILES string of the molecule is CCC(=O)c1cccc(OC(F)(F)F)c1OC(F)F. The molecule has 0 aliphatic carbocycles. The van der Waals surface area contributed by atoms with E-state index in [1.165, 1.54) is 6.92 Å². The number of carbonyl (C=O) groups is 1. The third-order valence-electron chi connectivity index (χ3n) is 2.03. The highest BCUT2D eigenvalue weighted by molar-refractivity contribution is 5.99. The number of halogens is 5. The minimum absolute atomic E-state index is 0.0743. The van der Waals surface area contributed by atoms with Crippen molar-refractivity contribution in [3.05, 3.63) is 23.8 Å². The molecule has 1 aromatic rings. The molecule has 0 radical (unpaired) electrons. The number of hydrogen-bond donors (Lipinski definition) is 0. The van der Waals surface area contributed by atoms with Crippen molar-refractivity contribution >= 4 is 5.78 Å². The summed E-state index contributed by atoms with van der Waals surface area (Å²) in [5.74, 6) is -2.53.